The molecule has 9 heteroatoms. The topological polar surface area (TPSA) is 82.6 Å². The zero-order chi connectivity index (χ0) is 24.3. The molecular weight excluding hydrogens is 468 g/mol. The first-order valence-corrected chi connectivity index (χ1v) is 13.6. The smallest absolute Gasteiger partial charge is 0.243 e. The fraction of sp³-hybridized carbons (Fsp3) is 0.360. The van der Waals surface area contributed by atoms with Crippen molar-refractivity contribution in [3.05, 3.63) is 75.2 Å². The quantitative estimate of drug-likeness (QED) is 0.536. The average molecular weight is 499 g/mol. The fourth-order valence-electron chi connectivity index (χ4n) is 3.96. The number of sulfonamides is 1. The average Bonchev–Trinajstić information content (AvgIpc) is 3.23. The molecule has 0 spiro atoms. The third-order valence-electron chi connectivity index (χ3n) is 5.92. The number of hydrogen-bond donors (Lipinski definition) is 1. The molecule has 0 unspecified atom stereocenters. The normalized spacial score (nSPS) is 15.4. The maximum atomic E-state index is 13.1. The lowest BCUT2D eigenvalue weighted by atomic mass is 10.2. The number of nitrogens with one attached hydrogen (secondary N) is 1. The van der Waals surface area contributed by atoms with Gasteiger partial charge < -0.3 is 5.32 Å². The van der Waals surface area contributed by atoms with E-state index in [0.29, 0.717) is 37.6 Å². The summed E-state index contributed by atoms with van der Waals surface area (Å²) in [5.41, 5.74) is 4.55. The number of benzene rings is 2. The number of anilines is 1. The molecule has 1 saturated heterocycles. The predicted octanol–water partition coefficient (Wildman–Crippen LogP) is 3.76. The first-order chi connectivity index (χ1) is 16.2. The van der Waals surface area contributed by atoms with Crippen LogP contribution < -0.4 is 5.32 Å². The van der Waals surface area contributed by atoms with E-state index in [4.69, 9.17) is 0 Å². The summed E-state index contributed by atoms with van der Waals surface area (Å²) in [4.78, 5) is 19.6. The molecule has 0 atom stereocenters. The number of aromatic nitrogens is 1. The van der Waals surface area contributed by atoms with Gasteiger partial charge in [0.2, 0.25) is 15.9 Å². The van der Waals surface area contributed by atoms with E-state index in [9.17, 15) is 13.2 Å². The molecule has 0 aliphatic carbocycles. The Morgan fingerprint density at radius 3 is 2.38 bits per heavy atom. The molecule has 2 aromatic carbocycles. The number of piperazine rings is 1. The summed E-state index contributed by atoms with van der Waals surface area (Å²) in [6, 6.07) is 13.2. The highest BCUT2D eigenvalue weighted by Crippen LogP contribution is 2.23. The molecule has 1 aliphatic rings. The number of carbonyl (C=O) groups is 1. The molecule has 180 valence electrons. The zero-order valence-electron chi connectivity index (χ0n) is 19.7. The standard InChI is InChI=1S/C25H30N4O3S2/c1-18-5-8-21(9-6-18)26-24(30)15-25-27-22(17-33-25)16-28-10-12-29(13-11-28)34(31,32)23-14-19(2)4-7-20(23)3/h4-9,14,17H,10-13,15-16H2,1-3H3,(H,26,30). The molecule has 1 fully saturated rings. The van der Waals surface area contributed by atoms with Crippen molar-refractivity contribution in [2.75, 3.05) is 31.5 Å². The monoisotopic (exact) mass is 498 g/mol. The second-order valence-electron chi connectivity index (χ2n) is 8.77. The summed E-state index contributed by atoms with van der Waals surface area (Å²) in [5, 5.41) is 5.66. The third kappa shape index (κ3) is 5.90. The first-order valence-electron chi connectivity index (χ1n) is 11.3. The van der Waals surface area contributed by atoms with Gasteiger partial charge in [-0.15, -0.1) is 11.3 Å². The second kappa shape index (κ2) is 10.4. The maximum Gasteiger partial charge on any atom is 0.243 e. The van der Waals surface area contributed by atoms with Gasteiger partial charge in [0.05, 0.1) is 17.0 Å². The van der Waals surface area contributed by atoms with Crippen molar-refractivity contribution in [2.24, 2.45) is 0 Å². The highest BCUT2D eigenvalue weighted by atomic mass is 32.2. The van der Waals surface area contributed by atoms with Gasteiger partial charge in [0, 0.05) is 43.8 Å². The van der Waals surface area contributed by atoms with E-state index in [1.807, 2.05) is 62.5 Å². The minimum atomic E-state index is -3.50. The molecule has 3 aromatic rings. The summed E-state index contributed by atoms with van der Waals surface area (Å²) in [6.07, 6.45) is 0.237. The molecule has 1 aromatic heterocycles. The van der Waals surface area contributed by atoms with Crippen molar-refractivity contribution in [1.82, 2.24) is 14.2 Å². The molecule has 1 aliphatic heterocycles. The van der Waals surface area contributed by atoms with Crippen LogP contribution in [0.1, 0.15) is 27.4 Å². The molecule has 7 nitrogen and oxygen atoms in total. The molecule has 34 heavy (non-hydrogen) atoms. The number of rotatable bonds is 7. The van der Waals surface area contributed by atoms with Gasteiger partial charge in [0.15, 0.2) is 0 Å². The Balaban J connectivity index is 1.29. The summed E-state index contributed by atoms with van der Waals surface area (Å²) in [7, 11) is -3.50. The van der Waals surface area contributed by atoms with Crippen LogP contribution in [0.4, 0.5) is 5.69 Å². The summed E-state index contributed by atoms with van der Waals surface area (Å²) in [5.74, 6) is -0.0879. The van der Waals surface area contributed by atoms with Crippen molar-refractivity contribution in [3.8, 4) is 0 Å². The van der Waals surface area contributed by atoms with Gasteiger partial charge in [0.25, 0.3) is 0 Å². The zero-order valence-corrected chi connectivity index (χ0v) is 21.4. The van der Waals surface area contributed by atoms with Gasteiger partial charge in [-0.2, -0.15) is 4.31 Å². The molecule has 0 bridgehead atoms. The molecular formula is C25H30N4O3S2. The summed E-state index contributed by atoms with van der Waals surface area (Å²) < 4.78 is 27.9. The van der Waals surface area contributed by atoms with Gasteiger partial charge >= 0.3 is 0 Å². The number of nitrogens with zero attached hydrogens (tertiary/aromatic N) is 3. The lowest BCUT2D eigenvalue weighted by Crippen LogP contribution is -2.48. The van der Waals surface area contributed by atoms with Crippen LogP contribution in [0.3, 0.4) is 0 Å². The highest BCUT2D eigenvalue weighted by molar-refractivity contribution is 7.89. The Bertz CT molecular complexity index is 1260. The van der Waals surface area contributed by atoms with E-state index in [2.05, 4.69) is 15.2 Å². The van der Waals surface area contributed by atoms with Crippen molar-refractivity contribution < 1.29 is 13.2 Å². The third-order valence-corrected chi connectivity index (χ3v) is 8.86. The number of hydrogen-bond acceptors (Lipinski definition) is 6. The van der Waals surface area contributed by atoms with Crippen LogP contribution in [0.5, 0.6) is 0 Å². The van der Waals surface area contributed by atoms with Crippen molar-refractivity contribution >= 4 is 33.0 Å². The summed E-state index contributed by atoms with van der Waals surface area (Å²) in [6.45, 7) is 8.58. The van der Waals surface area contributed by atoms with Crippen LogP contribution >= 0.6 is 11.3 Å². The number of amides is 1. The minimum Gasteiger partial charge on any atom is -0.326 e. The van der Waals surface area contributed by atoms with Gasteiger partial charge in [-0.05, 0) is 50.1 Å². The molecule has 4 rings (SSSR count). The van der Waals surface area contributed by atoms with Crippen LogP contribution in [-0.4, -0.2) is 54.7 Å². The summed E-state index contributed by atoms with van der Waals surface area (Å²) >= 11 is 1.48. The van der Waals surface area contributed by atoms with Gasteiger partial charge in [-0.25, -0.2) is 13.4 Å². The molecule has 0 radical (unpaired) electrons. The molecule has 1 amide bonds. The number of thiazole rings is 1. The van der Waals surface area contributed by atoms with E-state index in [0.717, 1.165) is 33.1 Å². The van der Waals surface area contributed by atoms with E-state index in [-0.39, 0.29) is 12.3 Å². The number of carbonyl (C=O) groups excluding carboxylic acids is 1. The van der Waals surface area contributed by atoms with Crippen LogP contribution in [0.2, 0.25) is 0 Å². The van der Waals surface area contributed by atoms with Gasteiger partial charge in [-0.3, -0.25) is 9.69 Å². The molecule has 1 N–H and O–H groups in total. The van der Waals surface area contributed by atoms with Crippen molar-refractivity contribution in [3.63, 3.8) is 0 Å². The molecule has 2 heterocycles. The SMILES string of the molecule is Cc1ccc(NC(=O)Cc2nc(CN3CCN(S(=O)(=O)c4cc(C)ccc4C)CC3)cs2)cc1. The lowest BCUT2D eigenvalue weighted by molar-refractivity contribution is -0.115. The van der Waals surface area contributed by atoms with Crippen LogP contribution in [-0.2, 0) is 27.8 Å². The lowest BCUT2D eigenvalue weighted by Gasteiger charge is -2.33. The van der Waals surface area contributed by atoms with Gasteiger partial charge in [0.1, 0.15) is 5.01 Å². The Morgan fingerprint density at radius 2 is 1.68 bits per heavy atom. The Morgan fingerprint density at radius 1 is 1.00 bits per heavy atom. The highest BCUT2D eigenvalue weighted by Gasteiger charge is 2.29. The first kappa shape index (κ1) is 24.5. The minimum absolute atomic E-state index is 0.0879. The van der Waals surface area contributed by atoms with E-state index >= 15 is 0 Å². The van der Waals surface area contributed by atoms with E-state index in [1.165, 1.54) is 11.3 Å². The fourth-order valence-corrected chi connectivity index (χ4v) is 6.48. The largest absolute Gasteiger partial charge is 0.326 e. The van der Waals surface area contributed by atoms with E-state index in [1.54, 1.807) is 10.4 Å². The Labute approximate surface area is 205 Å². The van der Waals surface area contributed by atoms with Crippen LogP contribution in [0, 0.1) is 20.8 Å². The predicted molar refractivity (Wildman–Crippen MR) is 136 cm³/mol. The second-order valence-corrected chi connectivity index (χ2v) is 11.6. The number of aryl methyl sites for hydroxylation is 3. The maximum absolute atomic E-state index is 13.1. The Kier molecular flexibility index (Phi) is 7.47. The van der Waals surface area contributed by atoms with E-state index < -0.39 is 10.0 Å². The molecule has 0 saturated carbocycles. The van der Waals surface area contributed by atoms with Crippen molar-refractivity contribution in [1.29, 1.82) is 0 Å². The van der Waals surface area contributed by atoms with Gasteiger partial charge in [-0.1, -0.05) is 29.8 Å². The van der Waals surface area contributed by atoms with Crippen molar-refractivity contribution in [2.45, 2.75) is 38.6 Å². The Hall–Kier alpha value is -2.59. The van der Waals surface area contributed by atoms with Crippen LogP contribution in [0.25, 0.3) is 0 Å². The van der Waals surface area contributed by atoms with Crippen LogP contribution in [0.15, 0.2) is 52.7 Å².